The highest BCUT2D eigenvalue weighted by molar-refractivity contribution is 7.92. The Balaban J connectivity index is 2.08. The molecule has 3 rings (SSSR count). The van der Waals surface area contributed by atoms with Gasteiger partial charge in [-0.05, 0) is 18.1 Å². The molecule has 11 heteroatoms. The van der Waals surface area contributed by atoms with Crippen molar-refractivity contribution in [1.29, 1.82) is 0 Å². The number of hydrogen-bond acceptors (Lipinski definition) is 6. The minimum absolute atomic E-state index is 0.0285. The van der Waals surface area contributed by atoms with Gasteiger partial charge >= 0.3 is 5.69 Å². The number of benzene rings is 1. The first-order valence-electron chi connectivity index (χ1n) is 7.80. The van der Waals surface area contributed by atoms with Gasteiger partial charge in [0.25, 0.3) is 0 Å². The van der Waals surface area contributed by atoms with Crippen LogP contribution in [0.2, 0.25) is 5.02 Å². The Morgan fingerprint density at radius 3 is 2.73 bits per heavy atom. The Morgan fingerprint density at radius 2 is 2.04 bits per heavy atom. The number of nitrogens with zero attached hydrogens (tertiary/aromatic N) is 3. The Labute approximate surface area is 154 Å². The van der Waals surface area contributed by atoms with Gasteiger partial charge in [0.1, 0.15) is 5.52 Å². The minimum Gasteiger partial charge on any atom is -0.382 e. The van der Waals surface area contributed by atoms with E-state index in [-0.39, 0.29) is 35.2 Å². The summed E-state index contributed by atoms with van der Waals surface area (Å²) in [5.41, 5.74) is 6.55. The molecule has 9 nitrogen and oxygen atoms in total. The SMILES string of the molecule is CCCS(=O)(=O)Nc1nc(N)c2[nH]c(=O)n(Cc3ccccc3Cl)c2n1. The van der Waals surface area contributed by atoms with Gasteiger partial charge in [0, 0.05) is 5.02 Å². The third-order valence-electron chi connectivity index (χ3n) is 3.66. The van der Waals surface area contributed by atoms with Gasteiger partial charge in [-0.2, -0.15) is 9.97 Å². The van der Waals surface area contributed by atoms with Crippen LogP contribution in [0.4, 0.5) is 11.8 Å². The summed E-state index contributed by atoms with van der Waals surface area (Å²) >= 11 is 6.15. The van der Waals surface area contributed by atoms with Crippen LogP contribution >= 0.6 is 11.6 Å². The van der Waals surface area contributed by atoms with E-state index in [1.807, 2.05) is 0 Å². The van der Waals surface area contributed by atoms with Crippen molar-refractivity contribution in [2.45, 2.75) is 19.9 Å². The quantitative estimate of drug-likeness (QED) is 0.578. The highest BCUT2D eigenvalue weighted by atomic mass is 35.5. The van der Waals surface area contributed by atoms with Gasteiger partial charge in [0.2, 0.25) is 16.0 Å². The maximum absolute atomic E-state index is 12.3. The van der Waals surface area contributed by atoms with Crippen LogP contribution in [0.3, 0.4) is 0 Å². The summed E-state index contributed by atoms with van der Waals surface area (Å²) in [4.78, 5) is 23.0. The fourth-order valence-electron chi connectivity index (χ4n) is 2.50. The summed E-state index contributed by atoms with van der Waals surface area (Å²) in [6.07, 6.45) is 0.439. The number of nitrogen functional groups attached to an aromatic ring is 1. The van der Waals surface area contributed by atoms with Gasteiger partial charge in [-0.3, -0.25) is 9.29 Å². The molecular formula is C15H17ClN6O3S. The largest absolute Gasteiger partial charge is 0.382 e. The third kappa shape index (κ3) is 3.65. The summed E-state index contributed by atoms with van der Waals surface area (Å²) in [6, 6.07) is 7.08. The van der Waals surface area contributed by atoms with Gasteiger partial charge in [0.15, 0.2) is 11.5 Å². The number of anilines is 2. The average Bonchev–Trinajstić information content (AvgIpc) is 2.86. The molecule has 0 aliphatic rings. The molecular weight excluding hydrogens is 380 g/mol. The van der Waals surface area contributed by atoms with Gasteiger partial charge in [-0.15, -0.1) is 0 Å². The summed E-state index contributed by atoms with van der Waals surface area (Å²) in [6.45, 7) is 1.89. The molecule has 0 aliphatic heterocycles. The highest BCUT2D eigenvalue weighted by Gasteiger charge is 2.17. The molecule has 138 valence electrons. The van der Waals surface area contributed by atoms with E-state index < -0.39 is 15.7 Å². The molecule has 0 spiro atoms. The molecule has 0 aliphatic carbocycles. The van der Waals surface area contributed by atoms with E-state index in [0.717, 1.165) is 0 Å². The third-order valence-corrected chi connectivity index (χ3v) is 5.46. The number of aromatic nitrogens is 4. The molecule has 0 radical (unpaired) electrons. The molecule has 26 heavy (non-hydrogen) atoms. The predicted octanol–water partition coefficient (Wildman–Crippen LogP) is 1.56. The second-order valence-electron chi connectivity index (χ2n) is 5.66. The molecule has 0 saturated heterocycles. The number of sulfonamides is 1. The van der Waals surface area contributed by atoms with Gasteiger partial charge in [-0.1, -0.05) is 36.7 Å². The Bertz CT molecular complexity index is 1120. The number of nitrogens with one attached hydrogen (secondary N) is 2. The monoisotopic (exact) mass is 396 g/mol. The first-order valence-corrected chi connectivity index (χ1v) is 9.83. The summed E-state index contributed by atoms with van der Waals surface area (Å²) in [5.74, 6) is -0.289. The van der Waals surface area contributed by atoms with Crippen molar-refractivity contribution >= 4 is 44.6 Å². The van der Waals surface area contributed by atoms with Crippen LogP contribution in [0.1, 0.15) is 18.9 Å². The van der Waals surface area contributed by atoms with Crippen molar-refractivity contribution in [3.63, 3.8) is 0 Å². The average molecular weight is 397 g/mol. The Hall–Kier alpha value is -2.59. The fourth-order valence-corrected chi connectivity index (χ4v) is 3.70. The topological polar surface area (TPSA) is 136 Å². The van der Waals surface area contributed by atoms with Crippen LogP contribution in [-0.4, -0.2) is 33.7 Å². The molecule has 0 atom stereocenters. The number of rotatable bonds is 6. The van der Waals surface area contributed by atoms with Crippen LogP contribution < -0.4 is 16.1 Å². The number of hydrogen-bond donors (Lipinski definition) is 3. The van der Waals surface area contributed by atoms with Crippen LogP contribution in [0, 0.1) is 0 Å². The fraction of sp³-hybridized carbons (Fsp3) is 0.267. The second-order valence-corrected chi connectivity index (χ2v) is 7.91. The van der Waals surface area contributed by atoms with E-state index in [9.17, 15) is 13.2 Å². The zero-order valence-corrected chi connectivity index (χ0v) is 15.4. The van der Waals surface area contributed by atoms with Crippen molar-refractivity contribution in [2.24, 2.45) is 0 Å². The van der Waals surface area contributed by atoms with Crippen molar-refractivity contribution < 1.29 is 8.42 Å². The molecule has 2 aromatic heterocycles. The first-order chi connectivity index (χ1) is 12.3. The van der Waals surface area contributed by atoms with Crippen LogP contribution in [0.15, 0.2) is 29.1 Å². The highest BCUT2D eigenvalue weighted by Crippen LogP contribution is 2.20. The summed E-state index contributed by atoms with van der Waals surface area (Å²) in [7, 11) is -3.59. The molecule has 1 aromatic carbocycles. The molecule has 3 aromatic rings. The lowest BCUT2D eigenvalue weighted by Gasteiger charge is -2.08. The van der Waals surface area contributed by atoms with Crippen molar-refractivity contribution in [1.82, 2.24) is 19.5 Å². The minimum atomic E-state index is -3.59. The number of aromatic amines is 1. The van der Waals surface area contributed by atoms with Crippen molar-refractivity contribution in [3.05, 3.63) is 45.3 Å². The molecule has 0 unspecified atom stereocenters. The van der Waals surface area contributed by atoms with Crippen molar-refractivity contribution in [3.8, 4) is 0 Å². The van der Waals surface area contributed by atoms with Gasteiger partial charge in [0.05, 0.1) is 12.3 Å². The molecule has 0 bridgehead atoms. The van der Waals surface area contributed by atoms with Gasteiger partial charge in [-0.25, -0.2) is 13.2 Å². The van der Waals surface area contributed by atoms with Crippen molar-refractivity contribution in [2.75, 3.05) is 16.2 Å². The summed E-state index contributed by atoms with van der Waals surface area (Å²) < 4.78 is 27.5. The van der Waals surface area contributed by atoms with E-state index in [2.05, 4.69) is 19.7 Å². The Kier molecular flexibility index (Phi) is 4.88. The number of nitrogens with two attached hydrogens (primary N) is 1. The zero-order valence-electron chi connectivity index (χ0n) is 13.9. The lowest BCUT2D eigenvalue weighted by Crippen LogP contribution is -2.20. The lowest BCUT2D eigenvalue weighted by molar-refractivity contribution is 0.599. The first kappa shape index (κ1) is 18.2. The van der Waals surface area contributed by atoms with E-state index >= 15 is 0 Å². The number of halogens is 1. The second kappa shape index (κ2) is 6.96. The lowest BCUT2D eigenvalue weighted by atomic mass is 10.2. The van der Waals surface area contributed by atoms with E-state index in [0.29, 0.717) is 17.0 Å². The summed E-state index contributed by atoms with van der Waals surface area (Å²) in [5, 5.41) is 0.500. The van der Waals surface area contributed by atoms with Crippen LogP contribution in [0.5, 0.6) is 0 Å². The molecule has 4 N–H and O–H groups in total. The molecule has 0 fully saturated rings. The predicted molar refractivity (Wildman–Crippen MR) is 101 cm³/mol. The number of imidazole rings is 1. The van der Waals surface area contributed by atoms with Crippen LogP contribution in [0.25, 0.3) is 11.2 Å². The number of H-pyrrole nitrogens is 1. The Morgan fingerprint density at radius 1 is 1.31 bits per heavy atom. The molecule has 0 amide bonds. The maximum atomic E-state index is 12.3. The smallest absolute Gasteiger partial charge is 0.328 e. The van der Waals surface area contributed by atoms with E-state index in [4.69, 9.17) is 17.3 Å². The number of fused-ring (bicyclic) bond motifs is 1. The normalized spacial score (nSPS) is 11.8. The van der Waals surface area contributed by atoms with E-state index in [1.54, 1.807) is 31.2 Å². The molecule has 0 saturated carbocycles. The zero-order chi connectivity index (χ0) is 18.9. The van der Waals surface area contributed by atoms with Crippen LogP contribution in [-0.2, 0) is 16.6 Å². The standard InChI is InChI=1S/C15H17ClN6O3S/c1-2-7-26(24,25)21-14-19-12(17)11-13(20-14)22(15(23)18-11)8-9-5-3-4-6-10(9)16/h3-6H,2,7-8H2,1H3,(H,18,23)(H3,17,19,20,21). The molecule has 2 heterocycles. The maximum Gasteiger partial charge on any atom is 0.328 e. The van der Waals surface area contributed by atoms with E-state index in [1.165, 1.54) is 4.57 Å². The van der Waals surface area contributed by atoms with Gasteiger partial charge < -0.3 is 10.7 Å².